The monoisotopic (exact) mass is 292 g/mol. The molecule has 6 nitrogen and oxygen atoms in total. The first-order chi connectivity index (χ1) is 9.22. The molecule has 1 aromatic rings. The van der Waals surface area contributed by atoms with E-state index in [1.54, 1.807) is 0 Å². The van der Waals surface area contributed by atoms with Gasteiger partial charge in [0.25, 0.3) is 5.91 Å². The van der Waals surface area contributed by atoms with Gasteiger partial charge in [-0.15, -0.1) is 0 Å². The number of nitrogens with zero attached hydrogens (tertiary/aromatic N) is 1. The van der Waals surface area contributed by atoms with E-state index in [1.807, 2.05) is 0 Å². The van der Waals surface area contributed by atoms with Gasteiger partial charge in [0.05, 0.1) is 10.5 Å². The van der Waals surface area contributed by atoms with Crippen LogP contribution in [0, 0.1) is 10.1 Å². The van der Waals surface area contributed by atoms with Crippen LogP contribution in [-0.4, -0.2) is 28.7 Å². The molecule has 0 radical (unpaired) electrons. The van der Waals surface area contributed by atoms with E-state index in [-0.39, 0.29) is 18.5 Å². The van der Waals surface area contributed by atoms with E-state index < -0.39 is 34.9 Å². The van der Waals surface area contributed by atoms with Crippen LogP contribution in [-0.2, 0) is 0 Å². The Morgan fingerprint density at radius 2 is 2.05 bits per heavy atom. The third kappa shape index (κ3) is 4.41. The van der Waals surface area contributed by atoms with Crippen molar-refractivity contribution >= 4 is 11.6 Å². The van der Waals surface area contributed by atoms with E-state index in [1.165, 1.54) is 6.07 Å². The van der Waals surface area contributed by atoms with E-state index in [4.69, 9.17) is 0 Å². The minimum Gasteiger partial charge on any atom is -0.502 e. The first-order valence-electron chi connectivity index (χ1n) is 5.53. The largest absolute Gasteiger partial charge is 0.502 e. The molecule has 0 heterocycles. The molecule has 0 unspecified atom stereocenters. The van der Waals surface area contributed by atoms with Gasteiger partial charge in [0, 0.05) is 19.0 Å². The molecular formula is C11H11F3N2O4. The number of aromatic hydroxyl groups is 1. The predicted molar refractivity (Wildman–Crippen MR) is 62.4 cm³/mol. The number of amides is 1. The smallest absolute Gasteiger partial charge is 0.389 e. The summed E-state index contributed by atoms with van der Waals surface area (Å²) in [6, 6.07) is 3.35. The molecule has 0 fully saturated rings. The first-order valence-corrected chi connectivity index (χ1v) is 5.53. The van der Waals surface area contributed by atoms with E-state index in [9.17, 15) is 33.2 Å². The van der Waals surface area contributed by atoms with E-state index in [0.717, 1.165) is 12.1 Å². The molecule has 110 valence electrons. The number of nitro groups is 1. The van der Waals surface area contributed by atoms with E-state index in [2.05, 4.69) is 5.32 Å². The maximum Gasteiger partial charge on any atom is 0.389 e. The number of halogens is 3. The summed E-state index contributed by atoms with van der Waals surface area (Å²) in [4.78, 5) is 21.3. The van der Waals surface area contributed by atoms with Gasteiger partial charge in [0.15, 0.2) is 0 Å². The highest BCUT2D eigenvalue weighted by atomic mass is 19.4. The van der Waals surface area contributed by atoms with Crippen molar-refractivity contribution < 1.29 is 28.0 Å². The number of rotatable bonds is 5. The number of hydrogen-bond donors (Lipinski definition) is 2. The molecule has 0 atom stereocenters. The molecule has 0 aliphatic rings. The molecule has 1 aromatic carbocycles. The number of nitrogens with one attached hydrogen (secondary N) is 1. The maximum absolute atomic E-state index is 11.9. The zero-order valence-electron chi connectivity index (χ0n) is 10.1. The second kappa shape index (κ2) is 6.22. The van der Waals surface area contributed by atoms with Crippen LogP contribution in [0.2, 0.25) is 0 Å². The fraction of sp³-hybridized carbons (Fsp3) is 0.364. The van der Waals surface area contributed by atoms with Crippen LogP contribution in [0.1, 0.15) is 23.2 Å². The molecule has 9 heteroatoms. The van der Waals surface area contributed by atoms with Crippen molar-refractivity contribution in [1.29, 1.82) is 0 Å². The van der Waals surface area contributed by atoms with Crippen LogP contribution in [0.25, 0.3) is 0 Å². The van der Waals surface area contributed by atoms with Crippen LogP contribution < -0.4 is 5.32 Å². The fourth-order valence-corrected chi connectivity index (χ4v) is 1.45. The zero-order chi connectivity index (χ0) is 15.3. The lowest BCUT2D eigenvalue weighted by molar-refractivity contribution is -0.385. The summed E-state index contributed by atoms with van der Waals surface area (Å²) in [6.07, 6.45) is -5.67. The van der Waals surface area contributed by atoms with Crippen LogP contribution in [0.5, 0.6) is 5.75 Å². The molecule has 0 bridgehead atoms. The third-order valence-electron chi connectivity index (χ3n) is 2.38. The summed E-state index contributed by atoms with van der Waals surface area (Å²) in [5, 5.41) is 22.2. The van der Waals surface area contributed by atoms with Gasteiger partial charge in [-0.05, 0) is 12.5 Å². The normalized spacial score (nSPS) is 11.2. The summed E-state index contributed by atoms with van der Waals surface area (Å²) in [6.45, 7) is -0.250. The Kier molecular flexibility index (Phi) is 4.89. The number of phenolic OH excluding ortho intramolecular Hbond substituents is 1. The third-order valence-corrected chi connectivity index (χ3v) is 2.38. The number of nitro benzene ring substituents is 1. The molecule has 0 saturated carbocycles. The van der Waals surface area contributed by atoms with Crippen LogP contribution >= 0.6 is 0 Å². The van der Waals surface area contributed by atoms with Crippen molar-refractivity contribution in [3.63, 3.8) is 0 Å². The molecule has 0 aliphatic heterocycles. The highest BCUT2D eigenvalue weighted by Crippen LogP contribution is 2.29. The maximum atomic E-state index is 11.9. The molecule has 20 heavy (non-hydrogen) atoms. The summed E-state index contributed by atoms with van der Waals surface area (Å²) in [5.74, 6) is -1.68. The highest BCUT2D eigenvalue weighted by molar-refractivity contribution is 5.98. The first kappa shape index (κ1) is 15.7. The van der Waals surface area contributed by atoms with Gasteiger partial charge in [-0.3, -0.25) is 14.9 Å². The number of hydrogen-bond acceptors (Lipinski definition) is 4. The van der Waals surface area contributed by atoms with Gasteiger partial charge in [-0.2, -0.15) is 13.2 Å². The highest BCUT2D eigenvalue weighted by Gasteiger charge is 2.26. The van der Waals surface area contributed by atoms with Gasteiger partial charge in [0.2, 0.25) is 5.75 Å². The average molecular weight is 292 g/mol. The van der Waals surface area contributed by atoms with Crippen LogP contribution in [0.4, 0.5) is 18.9 Å². The number of alkyl halides is 3. The van der Waals surface area contributed by atoms with Crippen molar-refractivity contribution in [1.82, 2.24) is 5.32 Å². The van der Waals surface area contributed by atoms with Crippen molar-refractivity contribution in [3.05, 3.63) is 33.9 Å². The van der Waals surface area contributed by atoms with Crippen molar-refractivity contribution in [3.8, 4) is 5.75 Å². The standard InChI is InChI=1S/C11H11F3N2O4/c12-11(13,14)5-2-6-15-10(18)7-3-1-4-8(9(7)17)16(19)20/h1,3-4,17H,2,5-6H2,(H,15,18). The Morgan fingerprint density at radius 1 is 1.40 bits per heavy atom. The Balaban J connectivity index is 2.65. The number of benzene rings is 1. The van der Waals surface area contributed by atoms with Crippen molar-refractivity contribution in [2.75, 3.05) is 6.54 Å². The van der Waals surface area contributed by atoms with Gasteiger partial charge >= 0.3 is 11.9 Å². The lowest BCUT2D eigenvalue weighted by Gasteiger charge is -2.08. The Morgan fingerprint density at radius 3 is 2.60 bits per heavy atom. The lowest BCUT2D eigenvalue weighted by Crippen LogP contribution is -2.25. The topological polar surface area (TPSA) is 92.5 Å². The van der Waals surface area contributed by atoms with Crippen molar-refractivity contribution in [2.45, 2.75) is 19.0 Å². The van der Waals surface area contributed by atoms with E-state index >= 15 is 0 Å². The predicted octanol–water partition coefficient (Wildman–Crippen LogP) is 2.37. The summed E-state index contributed by atoms with van der Waals surface area (Å²) in [5.41, 5.74) is -1.00. The molecule has 0 aliphatic carbocycles. The van der Waals surface area contributed by atoms with E-state index in [0.29, 0.717) is 0 Å². The molecule has 2 N–H and O–H groups in total. The van der Waals surface area contributed by atoms with Gasteiger partial charge in [-0.1, -0.05) is 6.07 Å². The molecule has 1 amide bonds. The minimum absolute atomic E-state index is 0.250. The van der Waals surface area contributed by atoms with Gasteiger partial charge in [0.1, 0.15) is 0 Å². The SMILES string of the molecule is O=C(NCCCC(F)(F)F)c1cccc([N+](=O)[O-])c1O. The zero-order valence-corrected chi connectivity index (χ0v) is 10.1. The van der Waals surface area contributed by atoms with Gasteiger partial charge in [-0.25, -0.2) is 0 Å². The van der Waals surface area contributed by atoms with Crippen molar-refractivity contribution in [2.24, 2.45) is 0 Å². The number of phenols is 1. The molecular weight excluding hydrogens is 281 g/mol. The summed E-state index contributed by atoms with van der Waals surface area (Å²) < 4.78 is 35.6. The molecule has 1 rings (SSSR count). The fourth-order valence-electron chi connectivity index (χ4n) is 1.45. The summed E-state index contributed by atoms with van der Waals surface area (Å²) in [7, 11) is 0. The Hall–Kier alpha value is -2.32. The van der Waals surface area contributed by atoms with Crippen LogP contribution in [0.15, 0.2) is 18.2 Å². The number of carbonyl (C=O) groups excluding carboxylic acids is 1. The Labute approximate surface area is 111 Å². The Bertz CT molecular complexity index is 517. The second-order valence-corrected chi connectivity index (χ2v) is 3.91. The number of para-hydroxylation sites is 1. The lowest BCUT2D eigenvalue weighted by atomic mass is 10.1. The second-order valence-electron chi connectivity index (χ2n) is 3.91. The number of carbonyl (C=O) groups is 1. The summed E-state index contributed by atoms with van der Waals surface area (Å²) >= 11 is 0. The average Bonchev–Trinajstić information content (AvgIpc) is 2.33. The minimum atomic E-state index is -4.31. The molecule has 0 spiro atoms. The van der Waals surface area contributed by atoms with Crippen LogP contribution in [0.3, 0.4) is 0 Å². The molecule has 0 aromatic heterocycles. The molecule has 0 saturated heterocycles. The van der Waals surface area contributed by atoms with Gasteiger partial charge < -0.3 is 10.4 Å². The quantitative estimate of drug-likeness (QED) is 0.495.